The van der Waals surface area contributed by atoms with Crippen molar-refractivity contribution < 1.29 is 8.78 Å². The van der Waals surface area contributed by atoms with Crippen LogP contribution in [-0.2, 0) is 18.9 Å². The minimum absolute atomic E-state index is 0.0121. The molecule has 7 heteroatoms. The first kappa shape index (κ1) is 21.6. The number of fused-ring (bicyclic) bond motifs is 1. The second kappa shape index (κ2) is 8.49. The van der Waals surface area contributed by atoms with Gasteiger partial charge in [0.2, 0.25) is 0 Å². The van der Waals surface area contributed by atoms with Crippen LogP contribution in [-0.4, -0.2) is 26.4 Å². The minimum atomic E-state index is -2.94. The van der Waals surface area contributed by atoms with Gasteiger partial charge in [-0.3, -0.25) is 9.78 Å². The quantitative estimate of drug-likeness (QED) is 0.579. The summed E-state index contributed by atoms with van der Waals surface area (Å²) in [4.78, 5) is 25.0. The van der Waals surface area contributed by atoms with Crippen molar-refractivity contribution in [2.75, 3.05) is 6.54 Å². The van der Waals surface area contributed by atoms with Crippen molar-refractivity contribution >= 4 is 6.08 Å². The summed E-state index contributed by atoms with van der Waals surface area (Å²) in [6.45, 7) is 8.36. The van der Waals surface area contributed by atoms with Gasteiger partial charge in [0.25, 0.3) is 11.5 Å². The Bertz CT molecular complexity index is 1260. The zero-order valence-electron chi connectivity index (χ0n) is 18.0. The molecule has 1 aliphatic heterocycles. The van der Waals surface area contributed by atoms with Crippen LogP contribution in [0.15, 0.2) is 71.4 Å². The van der Waals surface area contributed by atoms with Gasteiger partial charge < -0.3 is 9.88 Å². The predicted molar refractivity (Wildman–Crippen MR) is 121 cm³/mol. The molecule has 1 aliphatic rings. The fourth-order valence-corrected chi connectivity index (χ4v) is 3.92. The van der Waals surface area contributed by atoms with Crippen LogP contribution in [0.25, 0.3) is 17.2 Å². The fraction of sp³-hybridized carbons (Fsp3) is 0.240. The first-order valence-electron chi connectivity index (χ1n) is 10.4. The van der Waals surface area contributed by atoms with Crippen LogP contribution < -0.4 is 5.56 Å². The summed E-state index contributed by atoms with van der Waals surface area (Å²) < 4.78 is 28.3. The number of H-pyrrole nitrogens is 1. The third kappa shape index (κ3) is 4.51. The molecule has 0 saturated carbocycles. The van der Waals surface area contributed by atoms with E-state index in [1.807, 2.05) is 13.0 Å². The Hall–Kier alpha value is -3.61. The Morgan fingerprint density at radius 3 is 2.78 bits per heavy atom. The van der Waals surface area contributed by atoms with Gasteiger partial charge in [-0.05, 0) is 35.8 Å². The average Bonchev–Trinajstić information content (AvgIpc) is 2.77. The second-order valence-corrected chi connectivity index (χ2v) is 8.03. The highest BCUT2D eigenvalue weighted by Crippen LogP contribution is 2.36. The lowest BCUT2D eigenvalue weighted by Gasteiger charge is -2.32. The van der Waals surface area contributed by atoms with E-state index in [1.165, 1.54) is 18.3 Å². The zero-order chi connectivity index (χ0) is 22.9. The molecule has 5 nitrogen and oxygen atoms in total. The molecule has 0 radical (unpaired) electrons. The van der Waals surface area contributed by atoms with Crippen molar-refractivity contribution in [2.24, 2.45) is 0 Å². The van der Waals surface area contributed by atoms with E-state index in [4.69, 9.17) is 0 Å². The highest BCUT2D eigenvalue weighted by Gasteiger charge is 2.28. The van der Waals surface area contributed by atoms with Crippen molar-refractivity contribution in [3.63, 3.8) is 0 Å². The number of nitrogens with zero attached hydrogens (tertiary/aromatic N) is 3. The van der Waals surface area contributed by atoms with E-state index >= 15 is 0 Å². The van der Waals surface area contributed by atoms with Crippen LogP contribution >= 0.6 is 0 Å². The summed E-state index contributed by atoms with van der Waals surface area (Å²) in [5.41, 5.74) is 4.58. The first-order chi connectivity index (χ1) is 15.2. The number of alkyl halides is 2. The summed E-state index contributed by atoms with van der Waals surface area (Å²) in [6.07, 6.45) is 5.65. The van der Waals surface area contributed by atoms with Crippen molar-refractivity contribution in [1.82, 2.24) is 19.9 Å². The van der Waals surface area contributed by atoms with Crippen LogP contribution in [0.1, 0.15) is 36.5 Å². The Morgan fingerprint density at radius 1 is 1.25 bits per heavy atom. The molecule has 0 aliphatic carbocycles. The summed E-state index contributed by atoms with van der Waals surface area (Å²) in [5.74, 6) is -2.48. The van der Waals surface area contributed by atoms with Gasteiger partial charge in [-0.2, -0.15) is 0 Å². The standard InChI is InChI=1S/C25H24F2N4O/c1-16(12-23-28-10-8-24(32)30-23)17(2)31-11-9-22-19(15-31)13-18(14-29-22)20-6-4-5-7-21(20)25(3,26)27/h4-8,10,12-14H,2,9,11,15H2,1,3H3,(H,28,30,32)/b16-12-. The smallest absolute Gasteiger partial charge is 0.271 e. The lowest BCUT2D eigenvalue weighted by atomic mass is 9.94. The van der Waals surface area contributed by atoms with E-state index in [1.54, 1.807) is 30.5 Å². The Balaban J connectivity index is 1.61. The van der Waals surface area contributed by atoms with Gasteiger partial charge in [-0.15, -0.1) is 0 Å². The molecule has 0 bridgehead atoms. The number of allylic oxidation sites excluding steroid dienone is 1. The maximum atomic E-state index is 14.1. The van der Waals surface area contributed by atoms with Crippen molar-refractivity contribution in [3.8, 4) is 11.1 Å². The van der Waals surface area contributed by atoms with E-state index in [0.29, 0.717) is 23.5 Å². The highest BCUT2D eigenvalue weighted by molar-refractivity contribution is 5.68. The molecule has 2 aromatic heterocycles. The number of hydrogen-bond donors (Lipinski definition) is 1. The van der Waals surface area contributed by atoms with Gasteiger partial charge in [0, 0.05) is 67.4 Å². The number of nitrogens with one attached hydrogen (secondary N) is 1. The predicted octanol–water partition coefficient (Wildman–Crippen LogP) is 4.92. The molecule has 0 amide bonds. The van der Waals surface area contributed by atoms with Gasteiger partial charge in [0.05, 0.1) is 0 Å². The molecule has 0 spiro atoms. The minimum Gasteiger partial charge on any atom is -0.367 e. The Kier molecular flexibility index (Phi) is 5.74. The molecule has 32 heavy (non-hydrogen) atoms. The number of benzene rings is 1. The van der Waals surface area contributed by atoms with Gasteiger partial charge >= 0.3 is 0 Å². The molecule has 1 N–H and O–H groups in total. The van der Waals surface area contributed by atoms with Crippen LogP contribution in [0.3, 0.4) is 0 Å². The number of pyridine rings is 1. The summed E-state index contributed by atoms with van der Waals surface area (Å²) in [5, 5.41) is 0. The topological polar surface area (TPSA) is 61.9 Å². The van der Waals surface area contributed by atoms with Crippen molar-refractivity contribution in [3.05, 3.63) is 99.6 Å². The summed E-state index contributed by atoms with van der Waals surface area (Å²) >= 11 is 0. The Morgan fingerprint density at radius 2 is 2.03 bits per heavy atom. The van der Waals surface area contributed by atoms with Crippen LogP contribution in [0.2, 0.25) is 0 Å². The van der Waals surface area contributed by atoms with E-state index in [9.17, 15) is 13.6 Å². The summed E-state index contributed by atoms with van der Waals surface area (Å²) in [7, 11) is 0. The monoisotopic (exact) mass is 434 g/mol. The molecule has 4 rings (SSSR count). The van der Waals surface area contributed by atoms with E-state index in [0.717, 1.165) is 42.4 Å². The molecule has 0 atom stereocenters. The lowest BCUT2D eigenvalue weighted by molar-refractivity contribution is 0.0181. The normalized spacial score (nSPS) is 14.2. The molecular formula is C25H24F2N4O. The third-order valence-corrected chi connectivity index (χ3v) is 5.63. The number of hydrogen-bond acceptors (Lipinski definition) is 4. The second-order valence-electron chi connectivity index (χ2n) is 8.03. The molecule has 0 saturated heterocycles. The van der Waals surface area contributed by atoms with Crippen molar-refractivity contribution in [1.29, 1.82) is 0 Å². The maximum Gasteiger partial charge on any atom is 0.271 e. The molecule has 164 valence electrons. The average molecular weight is 434 g/mol. The molecule has 3 aromatic rings. The highest BCUT2D eigenvalue weighted by atomic mass is 19.3. The number of aromatic amines is 1. The fourth-order valence-electron chi connectivity index (χ4n) is 3.92. The van der Waals surface area contributed by atoms with Gasteiger partial charge in [0.1, 0.15) is 5.82 Å². The zero-order valence-corrected chi connectivity index (χ0v) is 18.0. The Labute approximate surface area is 185 Å². The van der Waals surface area contributed by atoms with Crippen LogP contribution in [0.4, 0.5) is 8.78 Å². The molecule has 1 aromatic carbocycles. The number of rotatable bonds is 5. The molecule has 0 unspecified atom stereocenters. The molecule has 0 fully saturated rings. The van der Waals surface area contributed by atoms with Crippen LogP contribution in [0.5, 0.6) is 0 Å². The SMILES string of the molecule is C=C(/C(C)=C\c1nccc(=O)[nH]1)N1CCc2ncc(-c3ccccc3C(C)(F)F)cc2C1. The number of aromatic nitrogens is 3. The number of halogens is 2. The first-order valence-corrected chi connectivity index (χ1v) is 10.4. The molecular weight excluding hydrogens is 410 g/mol. The van der Waals surface area contributed by atoms with E-state index < -0.39 is 5.92 Å². The van der Waals surface area contributed by atoms with Gasteiger partial charge in [-0.1, -0.05) is 30.8 Å². The lowest BCUT2D eigenvalue weighted by Crippen LogP contribution is -2.30. The third-order valence-electron chi connectivity index (χ3n) is 5.63. The van der Waals surface area contributed by atoms with Gasteiger partial charge in [-0.25, -0.2) is 13.8 Å². The van der Waals surface area contributed by atoms with E-state index in [2.05, 4.69) is 26.4 Å². The van der Waals surface area contributed by atoms with Crippen LogP contribution in [0, 0.1) is 0 Å². The van der Waals surface area contributed by atoms with E-state index in [-0.39, 0.29) is 11.1 Å². The largest absolute Gasteiger partial charge is 0.367 e. The summed E-state index contributed by atoms with van der Waals surface area (Å²) in [6, 6.07) is 9.85. The van der Waals surface area contributed by atoms with Crippen molar-refractivity contribution in [2.45, 2.75) is 32.7 Å². The maximum absolute atomic E-state index is 14.1. The van der Waals surface area contributed by atoms with Gasteiger partial charge in [0.15, 0.2) is 0 Å². The molecule has 3 heterocycles.